The van der Waals surface area contributed by atoms with E-state index >= 15 is 0 Å². The van der Waals surface area contributed by atoms with E-state index < -0.39 is 0 Å². The largest absolute Gasteiger partial charge is 0.317 e. The molecule has 0 amide bonds. The van der Waals surface area contributed by atoms with E-state index in [-0.39, 0.29) is 11.9 Å². The first-order valence-electron chi connectivity index (χ1n) is 9.61. The normalized spacial score (nSPS) is 12.4. The molecule has 5 rings (SSSR count). The molecule has 3 aromatic heterocycles. The molecule has 5 aromatic rings. The van der Waals surface area contributed by atoms with E-state index in [0.29, 0.717) is 0 Å². The Morgan fingerprint density at radius 3 is 2.50 bits per heavy atom. The van der Waals surface area contributed by atoms with Crippen LogP contribution in [0.15, 0.2) is 73.2 Å². The Morgan fingerprint density at radius 1 is 0.967 bits per heavy atom. The van der Waals surface area contributed by atoms with E-state index in [1.54, 1.807) is 10.7 Å². The Balaban J connectivity index is 1.72. The minimum absolute atomic E-state index is 0.238. The summed E-state index contributed by atoms with van der Waals surface area (Å²) in [6.07, 6.45) is 3.06. The van der Waals surface area contributed by atoms with Crippen LogP contribution < -0.4 is 0 Å². The van der Waals surface area contributed by atoms with Gasteiger partial charge in [0.2, 0.25) is 0 Å². The van der Waals surface area contributed by atoms with Gasteiger partial charge in [-0.25, -0.2) is 14.1 Å². The first kappa shape index (κ1) is 18.2. The van der Waals surface area contributed by atoms with Crippen molar-refractivity contribution in [2.75, 3.05) is 0 Å². The molecule has 0 spiro atoms. The van der Waals surface area contributed by atoms with Gasteiger partial charge in [-0.2, -0.15) is 0 Å². The van der Waals surface area contributed by atoms with Crippen LogP contribution in [0.3, 0.4) is 0 Å². The zero-order chi connectivity index (χ0) is 20.7. The molecule has 148 valence electrons. The Bertz CT molecular complexity index is 1300. The Labute approximate surface area is 172 Å². The summed E-state index contributed by atoms with van der Waals surface area (Å²) >= 11 is 0. The summed E-state index contributed by atoms with van der Waals surface area (Å²) in [6.45, 7) is 1.94. The number of fused-ring (bicyclic) bond motifs is 1. The summed E-state index contributed by atoms with van der Waals surface area (Å²) in [5.41, 5.74) is 6.43. The molecule has 30 heavy (non-hydrogen) atoms. The van der Waals surface area contributed by atoms with Crippen LogP contribution in [-0.4, -0.2) is 29.5 Å². The molecule has 0 saturated carbocycles. The lowest BCUT2D eigenvalue weighted by Gasteiger charge is -2.20. The van der Waals surface area contributed by atoms with Gasteiger partial charge in [0.25, 0.3) is 0 Å². The van der Waals surface area contributed by atoms with E-state index in [9.17, 15) is 4.39 Å². The second-order valence-corrected chi connectivity index (χ2v) is 7.22. The van der Waals surface area contributed by atoms with Crippen LogP contribution in [0.4, 0.5) is 4.39 Å². The van der Waals surface area contributed by atoms with Gasteiger partial charge in [0, 0.05) is 12.6 Å². The van der Waals surface area contributed by atoms with Crippen molar-refractivity contribution in [2.45, 2.75) is 13.0 Å². The maximum atomic E-state index is 13.5. The fraction of sp³-hybridized carbons (Fsp3) is 0.130. The average molecular weight is 398 g/mol. The van der Waals surface area contributed by atoms with Crippen molar-refractivity contribution in [1.82, 2.24) is 29.5 Å². The molecule has 0 aliphatic heterocycles. The van der Waals surface area contributed by atoms with Crippen LogP contribution in [-0.2, 0) is 7.05 Å². The van der Waals surface area contributed by atoms with Crippen molar-refractivity contribution in [1.29, 1.82) is 0 Å². The summed E-state index contributed by atoms with van der Waals surface area (Å²) < 4.78 is 17.4. The second-order valence-electron chi connectivity index (χ2n) is 7.22. The summed E-state index contributed by atoms with van der Waals surface area (Å²) in [5, 5.41) is 8.29. The third-order valence-corrected chi connectivity index (χ3v) is 5.27. The van der Waals surface area contributed by atoms with E-state index in [1.807, 2.05) is 62.8 Å². The third kappa shape index (κ3) is 3.04. The van der Waals surface area contributed by atoms with E-state index in [1.165, 1.54) is 12.3 Å². The summed E-state index contributed by atoms with van der Waals surface area (Å²) in [7, 11) is 1.88. The second kappa shape index (κ2) is 7.18. The number of rotatable bonds is 4. The van der Waals surface area contributed by atoms with Crippen LogP contribution in [0.5, 0.6) is 0 Å². The maximum Gasteiger partial charge on any atom is 0.141 e. The number of aromatic nitrogens is 6. The molecular weight excluding hydrogens is 379 g/mol. The molecule has 0 bridgehead atoms. The van der Waals surface area contributed by atoms with E-state index in [0.717, 1.165) is 39.2 Å². The fourth-order valence-corrected chi connectivity index (χ4v) is 3.89. The molecule has 7 heteroatoms. The van der Waals surface area contributed by atoms with Crippen molar-refractivity contribution >= 4 is 11.0 Å². The van der Waals surface area contributed by atoms with Gasteiger partial charge in [0.1, 0.15) is 11.9 Å². The van der Waals surface area contributed by atoms with Crippen molar-refractivity contribution in [3.63, 3.8) is 0 Å². The van der Waals surface area contributed by atoms with Crippen LogP contribution in [0, 0.1) is 12.7 Å². The molecule has 0 N–H and O–H groups in total. The molecule has 1 atom stereocenters. The number of nitrogens with zero attached hydrogens (tertiary/aromatic N) is 6. The van der Waals surface area contributed by atoms with Gasteiger partial charge < -0.3 is 4.57 Å². The van der Waals surface area contributed by atoms with Crippen LogP contribution >= 0.6 is 0 Å². The average Bonchev–Trinajstić information content (AvgIpc) is 3.33. The lowest BCUT2D eigenvalue weighted by atomic mass is 10.0. The Morgan fingerprint density at radius 2 is 1.80 bits per heavy atom. The molecule has 0 aliphatic carbocycles. The lowest BCUT2D eigenvalue weighted by Crippen LogP contribution is -2.13. The van der Waals surface area contributed by atoms with Crippen LogP contribution in [0.2, 0.25) is 0 Å². The Kier molecular flexibility index (Phi) is 4.35. The zero-order valence-electron chi connectivity index (χ0n) is 16.6. The predicted octanol–water partition coefficient (Wildman–Crippen LogP) is 4.31. The highest BCUT2D eigenvalue weighted by Crippen LogP contribution is 2.31. The van der Waals surface area contributed by atoms with Crippen molar-refractivity contribution in [2.24, 2.45) is 7.05 Å². The van der Waals surface area contributed by atoms with Gasteiger partial charge in [0.05, 0.1) is 40.6 Å². The highest BCUT2D eigenvalue weighted by molar-refractivity contribution is 5.82. The number of halogens is 1. The molecule has 0 radical (unpaired) electrons. The number of pyridine rings is 1. The van der Waals surface area contributed by atoms with Crippen LogP contribution in [0.1, 0.15) is 23.0 Å². The number of hydrogen-bond donors (Lipinski definition) is 0. The standard InChI is InChI=1S/C23H19FN6/c1-15-22(29(2)28-27-15)17-8-10-19-21(12-17)30(14-26-19)23(16-6-4-3-5-7-16)20-11-9-18(24)13-25-20/h3-14,23H,1-2H3. The van der Waals surface area contributed by atoms with Crippen molar-refractivity contribution in [3.05, 3.63) is 96.0 Å². The van der Waals surface area contributed by atoms with Gasteiger partial charge >= 0.3 is 0 Å². The topological polar surface area (TPSA) is 61.4 Å². The minimum Gasteiger partial charge on any atom is -0.317 e. The minimum atomic E-state index is -0.359. The van der Waals surface area contributed by atoms with Crippen molar-refractivity contribution in [3.8, 4) is 11.3 Å². The molecule has 2 aromatic carbocycles. The smallest absolute Gasteiger partial charge is 0.141 e. The highest BCUT2D eigenvalue weighted by atomic mass is 19.1. The molecule has 6 nitrogen and oxygen atoms in total. The first-order valence-corrected chi connectivity index (χ1v) is 9.61. The van der Waals surface area contributed by atoms with Gasteiger partial charge in [-0.05, 0) is 36.8 Å². The molecule has 0 saturated heterocycles. The van der Waals surface area contributed by atoms with Gasteiger partial charge in [-0.3, -0.25) is 4.98 Å². The van der Waals surface area contributed by atoms with Gasteiger partial charge in [-0.15, -0.1) is 5.10 Å². The van der Waals surface area contributed by atoms with Gasteiger partial charge in [0.15, 0.2) is 0 Å². The molecule has 0 aliphatic rings. The number of aryl methyl sites for hydroxylation is 2. The van der Waals surface area contributed by atoms with E-state index in [2.05, 4.69) is 30.9 Å². The first-order chi connectivity index (χ1) is 14.6. The third-order valence-electron chi connectivity index (χ3n) is 5.27. The number of benzene rings is 2. The molecule has 3 heterocycles. The summed E-state index contributed by atoms with van der Waals surface area (Å²) in [4.78, 5) is 8.97. The number of hydrogen-bond acceptors (Lipinski definition) is 4. The molecule has 1 unspecified atom stereocenters. The fourth-order valence-electron chi connectivity index (χ4n) is 3.89. The van der Waals surface area contributed by atoms with E-state index in [4.69, 9.17) is 0 Å². The monoisotopic (exact) mass is 398 g/mol. The van der Waals surface area contributed by atoms with Crippen molar-refractivity contribution < 1.29 is 4.39 Å². The number of imidazole rings is 1. The zero-order valence-corrected chi connectivity index (χ0v) is 16.6. The molecular formula is C23H19FN6. The maximum absolute atomic E-state index is 13.5. The van der Waals surface area contributed by atoms with Gasteiger partial charge in [-0.1, -0.05) is 41.6 Å². The quantitative estimate of drug-likeness (QED) is 0.453. The summed E-state index contributed by atoms with van der Waals surface area (Å²) in [5.74, 6) is -0.359. The Hall–Kier alpha value is -3.87. The molecule has 0 fully saturated rings. The highest BCUT2D eigenvalue weighted by Gasteiger charge is 2.21. The predicted molar refractivity (Wildman–Crippen MR) is 112 cm³/mol. The lowest BCUT2D eigenvalue weighted by molar-refractivity contribution is 0.610. The SMILES string of the molecule is Cc1nnn(C)c1-c1ccc2ncn(C(c3ccccc3)c3ccc(F)cn3)c2c1. The summed E-state index contributed by atoms with van der Waals surface area (Å²) in [6, 6.07) is 19.1. The van der Waals surface area contributed by atoms with Crippen LogP contribution in [0.25, 0.3) is 22.3 Å².